The molecule has 29 heavy (non-hydrogen) atoms. The van der Waals surface area contributed by atoms with Crippen molar-refractivity contribution in [2.75, 3.05) is 13.1 Å². The van der Waals surface area contributed by atoms with Gasteiger partial charge in [0.25, 0.3) is 0 Å². The molecule has 3 atom stereocenters. The highest BCUT2D eigenvalue weighted by molar-refractivity contribution is 5.85. The van der Waals surface area contributed by atoms with Crippen LogP contribution in [0.1, 0.15) is 55.3 Å². The summed E-state index contributed by atoms with van der Waals surface area (Å²) in [4.78, 5) is 20.6. The minimum Gasteiger partial charge on any atom is -0.333 e. The number of nitrogens with zero attached hydrogens (tertiary/aromatic N) is 2. The smallest absolute Gasteiger partial charge is 0.227 e. The summed E-state index contributed by atoms with van der Waals surface area (Å²) in [5.74, 6) is 0.503. The second-order valence-corrected chi connectivity index (χ2v) is 9.05. The molecule has 0 radical (unpaired) electrons. The van der Waals surface area contributed by atoms with Gasteiger partial charge in [-0.3, -0.25) is 9.78 Å². The first-order chi connectivity index (χ1) is 14.3. The topological polar surface area (TPSA) is 45.2 Å². The highest BCUT2D eigenvalue weighted by Gasteiger charge is 2.61. The monoisotopic (exact) mass is 389 g/mol. The Morgan fingerprint density at radius 1 is 1.10 bits per heavy atom. The minimum absolute atomic E-state index is 0.0945. The number of pyridine rings is 1. The van der Waals surface area contributed by atoms with Gasteiger partial charge in [0.2, 0.25) is 5.91 Å². The predicted octanol–water partition coefficient (Wildman–Crippen LogP) is 3.85. The molecule has 4 heteroatoms. The maximum absolute atomic E-state index is 13.9. The molecule has 1 spiro atoms. The van der Waals surface area contributed by atoms with E-state index in [1.54, 1.807) is 0 Å². The number of carbonyl (C=O) groups is 1. The Hall–Kier alpha value is -2.20. The molecular weight excluding hydrogens is 358 g/mol. The van der Waals surface area contributed by atoms with Crippen molar-refractivity contribution in [2.24, 2.45) is 5.92 Å². The highest BCUT2D eigenvalue weighted by Crippen LogP contribution is 2.61. The van der Waals surface area contributed by atoms with Crippen molar-refractivity contribution >= 4 is 5.91 Å². The van der Waals surface area contributed by atoms with Crippen molar-refractivity contribution in [3.05, 3.63) is 65.5 Å². The number of hydrogen-bond acceptors (Lipinski definition) is 3. The fraction of sp³-hybridized carbons (Fsp3) is 0.520. The Bertz CT molecular complexity index is 859. The van der Waals surface area contributed by atoms with Crippen molar-refractivity contribution < 1.29 is 4.79 Å². The van der Waals surface area contributed by atoms with Crippen LogP contribution in [0.5, 0.6) is 0 Å². The third-order valence-corrected chi connectivity index (χ3v) is 7.32. The maximum Gasteiger partial charge on any atom is 0.227 e. The summed E-state index contributed by atoms with van der Waals surface area (Å²) in [7, 11) is 0. The summed E-state index contributed by atoms with van der Waals surface area (Å²) >= 11 is 0. The normalized spacial score (nSPS) is 28.4. The van der Waals surface area contributed by atoms with Gasteiger partial charge in [-0.2, -0.15) is 0 Å². The van der Waals surface area contributed by atoms with Crippen LogP contribution in [0.4, 0.5) is 0 Å². The van der Waals surface area contributed by atoms with Gasteiger partial charge in [-0.05, 0) is 81.3 Å². The molecule has 1 saturated heterocycles. The zero-order valence-electron chi connectivity index (χ0n) is 17.1. The number of hydrogen-bond donors (Lipinski definition) is 1. The van der Waals surface area contributed by atoms with E-state index in [2.05, 4.69) is 39.5 Å². The van der Waals surface area contributed by atoms with Crippen molar-refractivity contribution in [1.82, 2.24) is 15.2 Å². The molecule has 2 heterocycles. The van der Waals surface area contributed by atoms with Crippen LogP contribution >= 0.6 is 0 Å². The summed E-state index contributed by atoms with van der Waals surface area (Å²) in [5, 5.41) is 3.50. The van der Waals surface area contributed by atoms with Crippen LogP contribution in [0.15, 0.2) is 48.7 Å². The van der Waals surface area contributed by atoms with Crippen LogP contribution < -0.4 is 5.32 Å². The third kappa shape index (κ3) is 3.59. The van der Waals surface area contributed by atoms with Crippen molar-refractivity contribution in [3.8, 4) is 0 Å². The number of benzene rings is 1. The Balaban J connectivity index is 1.42. The second kappa shape index (κ2) is 7.91. The summed E-state index contributed by atoms with van der Waals surface area (Å²) in [6, 6.07) is 15.2. The summed E-state index contributed by atoms with van der Waals surface area (Å²) in [6.45, 7) is 2.69. The van der Waals surface area contributed by atoms with Gasteiger partial charge >= 0.3 is 0 Å². The minimum atomic E-state index is 0.0945. The van der Waals surface area contributed by atoms with Crippen molar-refractivity contribution in [3.63, 3.8) is 0 Å². The van der Waals surface area contributed by atoms with Crippen LogP contribution in [-0.4, -0.2) is 34.9 Å². The lowest BCUT2D eigenvalue weighted by Gasteiger charge is -2.33. The molecule has 0 bridgehead atoms. The van der Waals surface area contributed by atoms with E-state index in [0.717, 1.165) is 57.3 Å². The van der Waals surface area contributed by atoms with E-state index >= 15 is 0 Å². The van der Waals surface area contributed by atoms with Crippen LogP contribution in [-0.2, 0) is 23.2 Å². The standard InChI is InChI=1S/C25H31N3O/c29-24(23-17-25(23)13-5-8-19-7-1-2-11-22(19)25)28(18-20-9-3-4-15-27-20)21-10-6-14-26-16-12-21/h1-4,7,9,11,15,21,23,26H,5-6,8,10,12-14,16-18H2. The second-order valence-electron chi connectivity index (χ2n) is 9.05. The zero-order valence-corrected chi connectivity index (χ0v) is 17.1. The van der Waals surface area contributed by atoms with Crippen LogP contribution in [0.3, 0.4) is 0 Å². The molecule has 2 aliphatic carbocycles. The lowest BCUT2D eigenvalue weighted by molar-refractivity contribution is -0.136. The molecule has 3 unspecified atom stereocenters. The number of amides is 1. The van der Waals surface area contributed by atoms with Gasteiger partial charge < -0.3 is 10.2 Å². The van der Waals surface area contributed by atoms with Gasteiger partial charge in [-0.25, -0.2) is 0 Å². The van der Waals surface area contributed by atoms with Gasteiger partial charge in [-0.15, -0.1) is 0 Å². The Morgan fingerprint density at radius 3 is 2.90 bits per heavy atom. The van der Waals surface area contributed by atoms with E-state index in [0.29, 0.717) is 18.5 Å². The van der Waals surface area contributed by atoms with E-state index in [9.17, 15) is 4.79 Å². The van der Waals surface area contributed by atoms with Crippen molar-refractivity contribution in [1.29, 1.82) is 0 Å². The molecule has 1 amide bonds. The Morgan fingerprint density at radius 2 is 2.00 bits per heavy atom. The number of aryl methyl sites for hydroxylation is 1. The number of nitrogens with one attached hydrogen (secondary N) is 1. The molecule has 1 aliphatic heterocycles. The average Bonchev–Trinajstić information content (AvgIpc) is 3.53. The zero-order chi connectivity index (χ0) is 19.7. The van der Waals surface area contributed by atoms with E-state index in [-0.39, 0.29) is 11.3 Å². The number of carbonyl (C=O) groups excluding carboxylic acids is 1. The molecule has 5 rings (SSSR count). The van der Waals surface area contributed by atoms with Gasteiger partial charge in [0.1, 0.15) is 0 Å². The number of rotatable bonds is 4. The molecule has 1 aromatic carbocycles. The molecule has 152 valence electrons. The van der Waals surface area contributed by atoms with Gasteiger partial charge in [0.05, 0.1) is 12.2 Å². The van der Waals surface area contributed by atoms with E-state index in [1.807, 2.05) is 24.4 Å². The molecule has 3 aliphatic rings. The first-order valence-corrected chi connectivity index (χ1v) is 11.3. The van der Waals surface area contributed by atoms with E-state index < -0.39 is 0 Å². The Labute approximate surface area is 173 Å². The van der Waals surface area contributed by atoms with E-state index in [4.69, 9.17) is 0 Å². The molecule has 1 saturated carbocycles. The summed E-state index contributed by atoms with van der Waals surface area (Å²) in [5.41, 5.74) is 4.00. The average molecular weight is 390 g/mol. The fourth-order valence-electron chi connectivity index (χ4n) is 5.72. The predicted molar refractivity (Wildman–Crippen MR) is 114 cm³/mol. The summed E-state index contributed by atoms with van der Waals surface area (Å²) in [6.07, 6.45) is 9.63. The molecular formula is C25H31N3O. The van der Waals surface area contributed by atoms with Crippen molar-refractivity contribution in [2.45, 2.75) is 62.9 Å². The Kier molecular flexibility index (Phi) is 5.13. The van der Waals surface area contributed by atoms with Gasteiger partial charge in [0.15, 0.2) is 0 Å². The molecule has 2 aromatic rings. The lowest BCUT2D eigenvalue weighted by atomic mass is 9.78. The quantitative estimate of drug-likeness (QED) is 0.864. The van der Waals surface area contributed by atoms with Crippen LogP contribution in [0, 0.1) is 5.92 Å². The molecule has 2 fully saturated rings. The SMILES string of the molecule is O=C(C1CC12CCCc1ccccc12)N(Cc1ccccn1)C1CCCNCC1. The highest BCUT2D eigenvalue weighted by atomic mass is 16.2. The number of fused-ring (bicyclic) bond motifs is 2. The lowest BCUT2D eigenvalue weighted by Crippen LogP contribution is -2.42. The third-order valence-electron chi connectivity index (χ3n) is 7.32. The van der Waals surface area contributed by atoms with E-state index in [1.165, 1.54) is 17.5 Å². The first kappa shape index (κ1) is 18.8. The fourth-order valence-corrected chi connectivity index (χ4v) is 5.72. The maximum atomic E-state index is 13.9. The van der Waals surface area contributed by atoms with Gasteiger partial charge in [0, 0.05) is 23.6 Å². The molecule has 1 aromatic heterocycles. The number of aromatic nitrogens is 1. The molecule has 1 N–H and O–H groups in total. The largest absolute Gasteiger partial charge is 0.333 e. The first-order valence-electron chi connectivity index (χ1n) is 11.3. The van der Waals surface area contributed by atoms with Gasteiger partial charge in [-0.1, -0.05) is 30.3 Å². The van der Waals surface area contributed by atoms with Crippen LogP contribution in [0.25, 0.3) is 0 Å². The van der Waals surface area contributed by atoms with Crippen LogP contribution in [0.2, 0.25) is 0 Å². The molecule has 4 nitrogen and oxygen atoms in total. The summed E-state index contributed by atoms with van der Waals surface area (Å²) < 4.78 is 0.